The van der Waals surface area contributed by atoms with Crippen molar-refractivity contribution in [2.45, 2.75) is 32.6 Å². The Balaban J connectivity index is 2.15. The standard InChI is InChI=1S/C22H25Cl2NO4/c1-15(26)25-20-14-22(18(13-19(20)24)21(27)5-3-4-11-23)29-12-10-16-6-8-17(28-2)9-7-16/h6-9,13-14H,3-5,10-12H2,1-2H3,(H,25,26). The molecule has 0 atom stereocenters. The zero-order chi connectivity index (χ0) is 21.2. The number of carbonyl (C=O) groups is 2. The Hall–Kier alpha value is -2.24. The molecule has 0 spiro atoms. The van der Waals surface area contributed by atoms with Gasteiger partial charge in [-0.15, -0.1) is 11.6 Å². The van der Waals surface area contributed by atoms with Gasteiger partial charge in [0.1, 0.15) is 11.5 Å². The van der Waals surface area contributed by atoms with Crippen LogP contribution in [0.5, 0.6) is 11.5 Å². The van der Waals surface area contributed by atoms with Crippen LogP contribution in [-0.2, 0) is 11.2 Å². The van der Waals surface area contributed by atoms with Crippen LogP contribution in [0.25, 0.3) is 0 Å². The predicted octanol–water partition coefficient (Wildman–Crippen LogP) is 5.52. The Morgan fingerprint density at radius 1 is 1.10 bits per heavy atom. The zero-order valence-corrected chi connectivity index (χ0v) is 18.1. The van der Waals surface area contributed by atoms with E-state index in [9.17, 15) is 9.59 Å². The SMILES string of the molecule is COc1ccc(CCOc2cc(NC(C)=O)c(Cl)cc2C(=O)CCCCCl)cc1. The summed E-state index contributed by atoms with van der Waals surface area (Å²) in [6.07, 6.45) is 2.47. The van der Waals surface area contributed by atoms with E-state index in [2.05, 4.69) is 5.32 Å². The van der Waals surface area contributed by atoms with Crippen molar-refractivity contribution < 1.29 is 19.1 Å². The molecule has 0 heterocycles. The Kier molecular flexibility index (Phi) is 9.29. The highest BCUT2D eigenvalue weighted by Crippen LogP contribution is 2.32. The van der Waals surface area contributed by atoms with Crippen molar-refractivity contribution >= 4 is 40.6 Å². The quantitative estimate of drug-likeness (QED) is 0.285. The number of methoxy groups -OCH3 is 1. The number of alkyl halides is 1. The molecule has 0 saturated heterocycles. The minimum atomic E-state index is -0.253. The molecule has 2 rings (SSSR count). The number of ether oxygens (including phenoxy) is 2. The number of rotatable bonds is 11. The summed E-state index contributed by atoms with van der Waals surface area (Å²) in [5, 5.41) is 2.95. The molecule has 0 aromatic heterocycles. The second-order valence-electron chi connectivity index (χ2n) is 6.53. The van der Waals surface area contributed by atoms with Crippen molar-refractivity contribution in [1.29, 1.82) is 0 Å². The van der Waals surface area contributed by atoms with Crippen molar-refractivity contribution in [3.05, 3.63) is 52.5 Å². The van der Waals surface area contributed by atoms with Crippen molar-refractivity contribution in [3.63, 3.8) is 0 Å². The largest absolute Gasteiger partial charge is 0.497 e. The Bertz CT molecular complexity index is 837. The number of unbranched alkanes of at least 4 members (excludes halogenated alkanes) is 1. The maximum atomic E-state index is 12.6. The van der Waals surface area contributed by atoms with Gasteiger partial charge < -0.3 is 14.8 Å². The van der Waals surface area contributed by atoms with Crippen LogP contribution >= 0.6 is 23.2 Å². The first kappa shape index (κ1) is 23.0. The molecule has 2 aromatic carbocycles. The average Bonchev–Trinajstić information content (AvgIpc) is 2.70. The molecule has 0 fully saturated rings. The molecule has 0 radical (unpaired) electrons. The minimum Gasteiger partial charge on any atom is -0.497 e. The number of ketones is 1. The topological polar surface area (TPSA) is 64.6 Å². The summed E-state index contributed by atoms with van der Waals surface area (Å²) in [5.74, 6) is 1.39. The number of hydrogen-bond acceptors (Lipinski definition) is 4. The van der Waals surface area contributed by atoms with E-state index in [-0.39, 0.29) is 11.7 Å². The first-order valence-electron chi connectivity index (χ1n) is 9.40. The zero-order valence-electron chi connectivity index (χ0n) is 16.6. The van der Waals surface area contributed by atoms with Gasteiger partial charge in [-0.1, -0.05) is 23.7 Å². The lowest BCUT2D eigenvalue weighted by molar-refractivity contribution is -0.114. The third-order valence-corrected chi connectivity index (χ3v) is 4.86. The van der Waals surface area contributed by atoms with Gasteiger partial charge in [0.25, 0.3) is 0 Å². The van der Waals surface area contributed by atoms with E-state index >= 15 is 0 Å². The second kappa shape index (κ2) is 11.7. The van der Waals surface area contributed by atoms with E-state index in [1.807, 2.05) is 24.3 Å². The van der Waals surface area contributed by atoms with Crippen LogP contribution in [0.15, 0.2) is 36.4 Å². The molecule has 0 aliphatic rings. The van der Waals surface area contributed by atoms with Crippen molar-refractivity contribution in [1.82, 2.24) is 0 Å². The molecule has 1 N–H and O–H groups in total. The van der Waals surface area contributed by atoms with Gasteiger partial charge in [0.2, 0.25) is 5.91 Å². The normalized spacial score (nSPS) is 10.5. The van der Waals surface area contributed by atoms with E-state index in [1.54, 1.807) is 19.2 Å². The van der Waals surface area contributed by atoms with Crippen LogP contribution in [0.4, 0.5) is 5.69 Å². The van der Waals surface area contributed by atoms with Gasteiger partial charge in [-0.3, -0.25) is 9.59 Å². The van der Waals surface area contributed by atoms with Crippen molar-refractivity contribution in [3.8, 4) is 11.5 Å². The second-order valence-corrected chi connectivity index (χ2v) is 7.31. The molecule has 1 amide bonds. The van der Waals surface area contributed by atoms with Gasteiger partial charge in [0.15, 0.2) is 5.78 Å². The molecule has 29 heavy (non-hydrogen) atoms. The highest BCUT2D eigenvalue weighted by Gasteiger charge is 2.17. The monoisotopic (exact) mass is 437 g/mol. The van der Waals surface area contributed by atoms with Crippen LogP contribution < -0.4 is 14.8 Å². The number of nitrogens with one attached hydrogen (secondary N) is 1. The molecule has 0 aliphatic heterocycles. The summed E-state index contributed by atoms with van der Waals surface area (Å²) in [6, 6.07) is 10.9. The van der Waals surface area contributed by atoms with Crippen LogP contribution in [0.1, 0.15) is 42.1 Å². The molecule has 7 heteroatoms. The van der Waals surface area contributed by atoms with Gasteiger partial charge in [-0.25, -0.2) is 0 Å². The Morgan fingerprint density at radius 2 is 1.83 bits per heavy atom. The van der Waals surface area contributed by atoms with Gasteiger partial charge >= 0.3 is 0 Å². The van der Waals surface area contributed by atoms with E-state index in [0.717, 1.165) is 17.7 Å². The fourth-order valence-electron chi connectivity index (χ4n) is 2.76. The van der Waals surface area contributed by atoms with Gasteiger partial charge in [-0.05, 0) is 36.6 Å². The van der Waals surface area contributed by atoms with Crippen molar-refractivity contribution in [2.75, 3.05) is 24.9 Å². The summed E-state index contributed by atoms with van der Waals surface area (Å²) in [5.41, 5.74) is 1.90. The molecule has 0 bridgehead atoms. The third-order valence-electron chi connectivity index (χ3n) is 4.28. The van der Waals surface area contributed by atoms with Crippen molar-refractivity contribution in [2.24, 2.45) is 0 Å². The molecule has 0 unspecified atom stereocenters. The summed E-state index contributed by atoms with van der Waals surface area (Å²) < 4.78 is 11.1. The fourth-order valence-corrected chi connectivity index (χ4v) is 3.16. The van der Waals surface area contributed by atoms with E-state index in [0.29, 0.717) is 53.8 Å². The number of benzene rings is 2. The molecule has 2 aromatic rings. The molecule has 156 valence electrons. The first-order chi connectivity index (χ1) is 13.9. The molecule has 5 nitrogen and oxygen atoms in total. The van der Waals surface area contributed by atoms with Crippen LogP contribution in [0.2, 0.25) is 5.02 Å². The van der Waals surface area contributed by atoms with Crippen LogP contribution in [0, 0.1) is 0 Å². The molecular weight excluding hydrogens is 413 g/mol. The van der Waals surface area contributed by atoms with Gasteiger partial charge in [0.05, 0.1) is 30.0 Å². The highest BCUT2D eigenvalue weighted by atomic mass is 35.5. The lowest BCUT2D eigenvalue weighted by atomic mass is 10.0. The number of hydrogen-bond donors (Lipinski definition) is 1. The van der Waals surface area contributed by atoms with E-state index in [4.69, 9.17) is 32.7 Å². The predicted molar refractivity (Wildman–Crippen MR) is 117 cm³/mol. The minimum absolute atomic E-state index is 0.0640. The molecule has 0 aliphatic carbocycles. The number of halogens is 2. The average molecular weight is 438 g/mol. The van der Waals surface area contributed by atoms with Gasteiger partial charge in [-0.2, -0.15) is 0 Å². The summed E-state index contributed by atoms with van der Waals surface area (Å²) in [6.45, 7) is 1.77. The molecular formula is C22H25Cl2NO4. The highest BCUT2D eigenvalue weighted by molar-refractivity contribution is 6.34. The van der Waals surface area contributed by atoms with Crippen LogP contribution in [0.3, 0.4) is 0 Å². The maximum Gasteiger partial charge on any atom is 0.221 e. The lowest BCUT2D eigenvalue weighted by Gasteiger charge is -2.15. The summed E-state index contributed by atoms with van der Waals surface area (Å²) in [7, 11) is 1.62. The van der Waals surface area contributed by atoms with Gasteiger partial charge in [0, 0.05) is 31.7 Å². The molecule has 0 saturated carbocycles. The Morgan fingerprint density at radius 3 is 2.45 bits per heavy atom. The van der Waals surface area contributed by atoms with E-state index < -0.39 is 0 Å². The lowest BCUT2D eigenvalue weighted by Crippen LogP contribution is -2.10. The number of carbonyl (C=O) groups excluding carboxylic acids is 2. The number of anilines is 1. The maximum absolute atomic E-state index is 12.6. The fraction of sp³-hybridized carbons (Fsp3) is 0.364. The number of Topliss-reactive ketones (excluding diaryl/α,β-unsaturated/α-hetero) is 1. The smallest absolute Gasteiger partial charge is 0.221 e. The summed E-state index contributed by atoms with van der Waals surface area (Å²) >= 11 is 12.0. The summed E-state index contributed by atoms with van der Waals surface area (Å²) in [4.78, 5) is 24.1. The van der Waals surface area contributed by atoms with Crippen LogP contribution in [-0.4, -0.2) is 31.3 Å². The first-order valence-corrected chi connectivity index (χ1v) is 10.3. The Labute approximate surface area is 181 Å². The number of amides is 1. The third kappa shape index (κ3) is 7.26. The van der Waals surface area contributed by atoms with E-state index in [1.165, 1.54) is 6.92 Å².